The minimum atomic E-state index is -4.32. The van der Waals surface area contributed by atoms with Gasteiger partial charge in [-0.25, -0.2) is 4.79 Å². The van der Waals surface area contributed by atoms with Gasteiger partial charge in [0.1, 0.15) is 6.10 Å². The summed E-state index contributed by atoms with van der Waals surface area (Å²) in [6.07, 6.45) is 0.391. The predicted octanol–water partition coefficient (Wildman–Crippen LogP) is -1.36. The maximum absolute atomic E-state index is 11.5. The van der Waals surface area contributed by atoms with Crippen LogP contribution in [0.3, 0.4) is 0 Å². The van der Waals surface area contributed by atoms with Crippen molar-refractivity contribution in [3.8, 4) is 0 Å². The topological polar surface area (TPSA) is 129 Å². The van der Waals surface area contributed by atoms with Gasteiger partial charge in [0.05, 0.1) is 19.8 Å². The summed E-state index contributed by atoms with van der Waals surface area (Å²) in [6.45, 7) is 1.73. The molecule has 0 aliphatic carbocycles. The molecule has 1 aliphatic rings. The van der Waals surface area contributed by atoms with Crippen LogP contribution >= 0.6 is 0 Å². The third kappa shape index (κ3) is 4.67. The monoisotopic (exact) mass is 300 g/mol. The number of hydrogen-bond donors (Lipinski definition) is 2. The van der Waals surface area contributed by atoms with Gasteiger partial charge in [0, 0.05) is 0 Å². The predicted molar refractivity (Wildman–Crippen MR) is 58.7 cm³/mol. The Labute approximate surface area is 110 Å². The van der Waals surface area contributed by atoms with E-state index >= 15 is 0 Å². The highest BCUT2D eigenvalue weighted by Gasteiger charge is 2.59. The first-order chi connectivity index (χ1) is 8.83. The van der Waals surface area contributed by atoms with Gasteiger partial charge >= 0.3 is 22.3 Å². The Hall–Kier alpha value is -0.780. The van der Waals surface area contributed by atoms with Gasteiger partial charge in [-0.2, -0.15) is 16.8 Å². The van der Waals surface area contributed by atoms with Crippen molar-refractivity contribution in [2.75, 3.05) is 19.8 Å². The number of aliphatic hydroxyl groups is 2. The third-order valence-corrected chi connectivity index (χ3v) is 2.97. The molecule has 1 rings (SSSR count). The van der Waals surface area contributed by atoms with E-state index in [9.17, 15) is 18.3 Å². The molecule has 0 aromatic rings. The van der Waals surface area contributed by atoms with E-state index in [1.165, 1.54) is 0 Å². The average molecular weight is 300 g/mol. The van der Waals surface area contributed by atoms with Gasteiger partial charge < -0.3 is 19.7 Å². The maximum atomic E-state index is 11.5. The second kappa shape index (κ2) is 6.59. The molecule has 1 saturated heterocycles. The van der Waals surface area contributed by atoms with Gasteiger partial charge in [0.15, 0.2) is 0 Å². The number of esters is 1. The summed E-state index contributed by atoms with van der Waals surface area (Å²) in [5.41, 5.74) is 0. The molecule has 1 fully saturated rings. The molecule has 0 bridgehead atoms. The van der Waals surface area contributed by atoms with E-state index < -0.39 is 28.4 Å². The first-order valence-corrected chi connectivity index (χ1v) is 6.94. The van der Waals surface area contributed by atoms with Gasteiger partial charge in [-0.15, -0.1) is 0 Å². The van der Waals surface area contributed by atoms with Crippen LogP contribution in [0.25, 0.3) is 0 Å². The summed E-state index contributed by atoms with van der Waals surface area (Å²) in [4.78, 5) is 11.5. The van der Waals surface area contributed by atoms with Gasteiger partial charge in [-0.3, -0.25) is 0 Å². The maximum Gasteiger partial charge on any atom is 0.416 e. The summed E-state index contributed by atoms with van der Waals surface area (Å²) in [5.74, 6) is -4.28. The fourth-order valence-electron chi connectivity index (χ4n) is 1.35. The van der Waals surface area contributed by atoms with Crippen LogP contribution in [0, 0.1) is 0 Å². The molecule has 0 spiro atoms. The molecule has 19 heavy (non-hydrogen) atoms. The summed E-state index contributed by atoms with van der Waals surface area (Å²) in [5, 5.41) is 17.9. The van der Waals surface area contributed by atoms with Crippen LogP contribution in [0.5, 0.6) is 0 Å². The van der Waals surface area contributed by atoms with Crippen molar-refractivity contribution in [2.24, 2.45) is 0 Å². The van der Waals surface area contributed by atoms with Crippen LogP contribution in [0.1, 0.15) is 19.8 Å². The molecule has 0 aromatic carbocycles. The van der Waals surface area contributed by atoms with Crippen LogP contribution in [-0.4, -0.2) is 56.5 Å². The second-order valence-electron chi connectivity index (χ2n) is 3.77. The number of aliphatic hydroxyl groups excluding tert-OH is 1. The lowest BCUT2D eigenvalue weighted by molar-refractivity contribution is -0.318. The number of hydrogen-bond acceptors (Lipinski definition) is 9. The molecule has 10 heteroatoms. The van der Waals surface area contributed by atoms with Crippen molar-refractivity contribution >= 4 is 16.4 Å². The van der Waals surface area contributed by atoms with Crippen LogP contribution in [0.2, 0.25) is 0 Å². The molecule has 1 unspecified atom stereocenters. The van der Waals surface area contributed by atoms with E-state index in [2.05, 4.69) is 8.37 Å². The molecule has 0 saturated carbocycles. The quantitative estimate of drug-likeness (QED) is 0.412. The fraction of sp³-hybridized carbons (Fsp3) is 0.889. The lowest BCUT2D eigenvalue weighted by Crippen LogP contribution is -2.57. The van der Waals surface area contributed by atoms with E-state index in [0.717, 1.165) is 0 Å². The second-order valence-corrected chi connectivity index (χ2v) is 4.92. The molecule has 0 aromatic heterocycles. The Morgan fingerprint density at radius 2 is 2.05 bits per heavy atom. The molecular formula is C9H16O9S. The minimum absolute atomic E-state index is 0.00295. The molecule has 2 N–H and O–H groups in total. The molecule has 0 radical (unpaired) electrons. The Bertz CT molecular complexity index is 392. The normalized spacial score (nSPS) is 21.4. The zero-order valence-corrected chi connectivity index (χ0v) is 11.1. The van der Waals surface area contributed by atoms with E-state index in [1.807, 2.05) is 6.92 Å². The first-order valence-electron chi connectivity index (χ1n) is 5.61. The van der Waals surface area contributed by atoms with Crippen molar-refractivity contribution in [2.45, 2.75) is 31.8 Å². The Morgan fingerprint density at radius 1 is 1.42 bits per heavy atom. The average Bonchev–Trinajstić information content (AvgIpc) is 2.26. The number of carbonyl (C=O) groups excluding carboxylic acids is 1. The van der Waals surface area contributed by atoms with Gasteiger partial charge in [-0.1, -0.05) is 13.3 Å². The van der Waals surface area contributed by atoms with Gasteiger partial charge in [0.25, 0.3) is 0 Å². The number of carbonyl (C=O) groups is 1. The molecule has 1 heterocycles. The molecule has 112 valence electrons. The van der Waals surface area contributed by atoms with Crippen molar-refractivity contribution in [3.05, 3.63) is 0 Å². The summed E-state index contributed by atoms with van der Waals surface area (Å²) >= 11 is 0. The lowest BCUT2D eigenvalue weighted by Gasteiger charge is -2.32. The van der Waals surface area contributed by atoms with Crippen molar-refractivity contribution in [1.29, 1.82) is 0 Å². The minimum Gasteiger partial charge on any atom is -0.454 e. The first kappa shape index (κ1) is 16.3. The standard InChI is InChI=1S/C9H16O9S/c1-2-3-7(6-15-5-4-10)16-8(11)9(12)17-19(13,14)18-9/h7,10,12H,2-6H2,1H3. The summed E-state index contributed by atoms with van der Waals surface area (Å²) in [7, 11) is -4.32. The zero-order valence-electron chi connectivity index (χ0n) is 10.3. The Morgan fingerprint density at radius 3 is 2.53 bits per heavy atom. The molecule has 1 atom stereocenters. The summed E-state index contributed by atoms with van der Waals surface area (Å²) < 4.78 is 38.8. The SMILES string of the molecule is CCCC(COCCO)OC(=O)C1(O)OS(=O)(=O)O1. The van der Waals surface area contributed by atoms with Crippen molar-refractivity contribution < 1.29 is 41.3 Å². The zero-order chi connectivity index (χ0) is 14.5. The Kier molecular flexibility index (Phi) is 5.64. The molecule has 9 nitrogen and oxygen atoms in total. The highest BCUT2D eigenvalue weighted by Crippen LogP contribution is 2.29. The van der Waals surface area contributed by atoms with E-state index in [1.54, 1.807) is 0 Å². The number of ether oxygens (including phenoxy) is 2. The summed E-state index contributed by atoms with van der Waals surface area (Å²) in [6, 6.07) is 0. The van der Waals surface area contributed by atoms with Crippen LogP contribution in [-0.2, 0) is 33.0 Å². The largest absolute Gasteiger partial charge is 0.454 e. The fourth-order valence-corrected chi connectivity index (χ4v) is 2.06. The highest BCUT2D eigenvalue weighted by atomic mass is 32.3. The van der Waals surface area contributed by atoms with Crippen molar-refractivity contribution in [1.82, 2.24) is 0 Å². The van der Waals surface area contributed by atoms with E-state index in [-0.39, 0.29) is 19.8 Å². The molecule has 1 aliphatic heterocycles. The molecular weight excluding hydrogens is 284 g/mol. The van der Waals surface area contributed by atoms with E-state index in [0.29, 0.717) is 12.8 Å². The van der Waals surface area contributed by atoms with Crippen LogP contribution in [0.4, 0.5) is 0 Å². The van der Waals surface area contributed by atoms with Gasteiger partial charge in [0.2, 0.25) is 0 Å². The van der Waals surface area contributed by atoms with E-state index in [4.69, 9.17) is 14.6 Å². The number of rotatable bonds is 8. The lowest BCUT2D eigenvalue weighted by atomic mass is 10.2. The smallest absolute Gasteiger partial charge is 0.416 e. The van der Waals surface area contributed by atoms with Gasteiger partial charge in [-0.05, 0) is 6.42 Å². The molecule has 0 amide bonds. The van der Waals surface area contributed by atoms with Crippen molar-refractivity contribution in [3.63, 3.8) is 0 Å². The van der Waals surface area contributed by atoms with Crippen LogP contribution in [0.15, 0.2) is 0 Å². The third-order valence-electron chi connectivity index (χ3n) is 2.11. The van der Waals surface area contributed by atoms with Crippen LogP contribution < -0.4 is 0 Å². The Balaban J connectivity index is 2.47. The highest BCUT2D eigenvalue weighted by molar-refractivity contribution is 7.82.